The van der Waals surface area contributed by atoms with Crippen molar-refractivity contribution < 1.29 is 28.4 Å². The average Bonchev–Trinajstić information content (AvgIpc) is 1.71. The zero-order valence-electron chi connectivity index (χ0n) is 73.0. The zero-order valence-corrected chi connectivity index (χ0v) is 80.1. The van der Waals surface area contributed by atoms with E-state index in [4.69, 9.17) is 62.4 Å². The van der Waals surface area contributed by atoms with Crippen molar-refractivity contribution in [1.29, 1.82) is 0 Å². The third kappa shape index (κ3) is 22.3. The number of hydrogen-bond donors (Lipinski definition) is 5. The molecule has 0 saturated heterocycles. The molecule has 0 unspecified atom stereocenters. The van der Waals surface area contributed by atoms with Gasteiger partial charge in [-0.15, -0.1) is 45.3 Å². The average molecular weight is 1990 g/mol. The molecule has 0 spiro atoms. The van der Waals surface area contributed by atoms with Gasteiger partial charge in [0, 0.05) is 183 Å². The molecule has 22 rings (SSSR count). The Morgan fingerprint density at radius 3 is 0.957 bits per heavy atom. The molecule has 0 saturated carbocycles. The van der Waals surface area contributed by atoms with Crippen LogP contribution in [0.3, 0.4) is 0 Å². The summed E-state index contributed by atoms with van der Waals surface area (Å²) in [5.41, 5.74) is 14.1. The van der Waals surface area contributed by atoms with Gasteiger partial charge in [-0.05, 0) is 199 Å². The predicted octanol–water partition coefficient (Wildman–Crippen LogP) is 29.2. The number of nitrogens with one attached hydrogen (secondary N) is 5. The molecule has 5 N–H and O–H groups in total. The Morgan fingerprint density at radius 2 is 0.633 bits per heavy atom. The predicted molar refractivity (Wildman–Crippen MR) is 564 cm³/mol. The normalized spacial score (nSPS) is 10.8. The van der Waals surface area contributed by atoms with Crippen LogP contribution in [0.5, 0.6) is 0 Å². The van der Waals surface area contributed by atoms with Gasteiger partial charge in [0.2, 0.25) is 0 Å². The van der Waals surface area contributed by atoms with Crippen LogP contribution in [0.2, 0.25) is 25.1 Å². The summed E-state index contributed by atoms with van der Waals surface area (Å²) in [6, 6.07) is 87.4. The van der Waals surface area contributed by atoms with Crippen LogP contribution in [-0.4, -0.2) is 84.4 Å². The topological polar surface area (TPSA) is 300 Å². The maximum atomic E-state index is 12.8. The van der Waals surface area contributed by atoms with Gasteiger partial charge in [0.05, 0.1) is 65.0 Å². The fourth-order valence-corrected chi connectivity index (χ4v) is 18.6. The van der Waals surface area contributed by atoms with Crippen molar-refractivity contribution in [1.82, 2.24) is 54.8 Å². The molecular weight excluding hydrogens is 1920 g/mol. The number of rotatable bonds is 17. The number of aromatic nitrogens is 11. The van der Waals surface area contributed by atoms with Gasteiger partial charge in [0.15, 0.2) is 25.8 Å². The van der Waals surface area contributed by atoms with Crippen molar-refractivity contribution in [2.75, 3.05) is 26.6 Å². The molecule has 139 heavy (non-hydrogen) atoms. The minimum absolute atomic E-state index is 0.234. The standard InChI is InChI=1S/2C24H15ClN4OS.C21H15ClN2O2.C20H14ClN3OS.C19H12ClN3OS/c25-20-8-7-17(12-19(20)22-18-6-2-1-4-15(18)9-11-27-22)28-23(30)24-29-21(14-31-24)16-5-3-10-26-13-16;25-20-6-5-17(13-19(20)22-18-4-2-1-3-15(18)9-12-27-22)28-23(30)24-29-21(14-31-24)16-7-10-26-11-8-16;1-13-6-9-19(26-13)21(25)24-15-7-8-18(22)17(12-15)20-16-5-3-2-4-14(16)10-11-23-20;1-12-11-23-20(26-12)19(25)24-14-6-7-17(21)16(10-14)18-15-5-3-2-4-13(15)8-9-22-18;20-16-6-5-13(23-18(24)19-22-9-10-25-19)11-15(16)17-14-4-2-1-3-12(14)7-8-21-17/h2*1-14H,(H,28,30);2-12H,1H3,(H,24,25);2-11H,1H3,(H,24,25);1-11H,(H,23,24). The van der Waals surface area contributed by atoms with E-state index in [0.29, 0.717) is 79.3 Å². The SMILES string of the molecule is Cc1ccc(C(=O)Nc2ccc(Cl)c(-c3nccc4ccccc34)c2)o1.Cc1cnc(C(=O)Nc2ccc(Cl)c(-c3nccc4ccccc34)c2)s1.O=C(Nc1ccc(Cl)c(-c2nccc3ccccc23)c1)c1nc(-c2cccnc2)cs1.O=C(Nc1ccc(Cl)c(-c2nccc3ccccc23)c1)c1nc(-c2ccncc2)cs1.O=C(Nc1ccc(Cl)c(-c2nccc3ccccc23)c1)c1nccs1. The summed E-state index contributed by atoms with van der Waals surface area (Å²) in [6.07, 6.45) is 18.9. The molecule has 0 fully saturated rings. The summed E-state index contributed by atoms with van der Waals surface area (Å²) in [5.74, 6) is -0.383. The largest absolute Gasteiger partial charge is 0.456 e. The molecule has 5 amide bonds. The molecule has 12 heterocycles. The van der Waals surface area contributed by atoms with E-state index in [0.717, 1.165) is 138 Å². The van der Waals surface area contributed by atoms with Crippen LogP contribution in [-0.2, 0) is 0 Å². The number of amides is 5. The number of nitrogens with zero attached hydrogens (tertiary/aromatic N) is 11. The highest BCUT2D eigenvalue weighted by Crippen LogP contribution is 2.41. The molecule has 31 heteroatoms. The minimum Gasteiger partial charge on any atom is -0.456 e. The molecule has 22 aromatic rings. The van der Waals surface area contributed by atoms with Gasteiger partial charge >= 0.3 is 0 Å². The summed E-state index contributed by atoms with van der Waals surface area (Å²) in [4.78, 5) is 111. The van der Waals surface area contributed by atoms with Crippen LogP contribution >= 0.6 is 103 Å². The lowest BCUT2D eigenvalue weighted by atomic mass is 10.0. The summed E-state index contributed by atoms with van der Waals surface area (Å²) >= 11 is 37.5. The van der Waals surface area contributed by atoms with E-state index in [1.807, 2.05) is 224 Å². The van der Waals surface area contributed by atoms with Crippen molar-refractivity contribution in [2.45, 2.75) is 13.8 Å². The van der Waals surface area contributed by atoms with Crippen LogP contribution in [0.25, 0.3) is 133 Å². The molecule has 0 aliphatic rings. The van der Waals surface area contributed by atoms with Crippen molar-refractivity contribution in [3.63, 3.8) is 0 Å². The molecule has 0 atom stereocenters. The molecule has 0 aliphatic carbocycles. The molecule has 22 nitrogen and oxygen atoms in total. The van der Waals surface area contributed by atoms with Crippen molar-refractivity contribution in [3.05, 3.63) is 425 Å². The molecular formula is C108H71Cl5N16O6S4. The Morgan fingerprint density at radius 1 is 0.288 bits per heavy atom. The highest BCUT2D eigenvalue weighted by molar-refractivity contribution is 7.13. The summed E-state index contributed by atoms with van der Waals surface area (Å²) < 4.78 is 5.36. The smallest absolute Gasteiger partial charge is 0.291 e. The third-order valence-corrected chi connectivity index (χ3v) is 26.5. The fraction of sp³-hybridized carbons (Fsp3) is 0.0185. The number of furan rings is 1. The summed E-state index contributed by atoms with van der Waals surface area (Å²) in [7, 11) is 0. The van der Waals surface area contributed by atoms with Crippen molar-refractivity contribution >= 4 is 215 Å². The number of aryl methyl sites for hydroxylation is 2. The van der Waals surface area contributed by atoms with Crippen LogP contribution in [0, 0.1) is 13.8 Å². The van der Waals surface area contributed by atoms with Gasteiger partial charge in [0.25, 0.3) is 29.5 Å². The first-order valence-electron chi connectivity index (χ1n) is 42.7. The first-order chi connectivity index (χ1) is 67.8. The van der Waals surface area contributed by atoms with Crippen molar-refractivity contribution in [2.24, 2.45) is 0 Å². The number of pyridine rings is 7. The number of carbonyl (C=O) groups excluding carboxylic acids is 5. The molecule has 0 aliphatic heterocycles. The highest BCUT2D eigenvalue weighted by atomic mass is 35.5. The Hall–Kier alpha value is -15.9. The molecule has 678 valence electrons. The van der Waals surface area contributed by atoms with E-state index in [2.05, 4.69) is 81.4 Å². The lowest BCUT2D eigenvalue weighted by molar-refractivity contribution is 0.0991. The number of hydrogen-bond acceptors (Lipinski definition) is 21. The van der Waals surface area contributed by atoms with E-state index in [1.54, 1.807) is 153 Å². The maximum Gasteiger partial charge on any atom is 0.291 e. The van der Waals surface area contributed by atoms with E-state index in [9.17, 15) is 24.0 Å². The van der Waals surface area contributed by atoms with Gasteiger partial charge in [0.1, 0.15) is 5.76 Å². The first kappa shape index (κ1) is 93.5. The Bertz CT molecular complexity index is 7920. The van der Waals surface area contributed by atoms with Crippen LogP contribution in [0.15, 0.2) is 368 Å². The Labute approximate surface area is 835 Å². The van der Waals surface area contributed by atoms with Gasteiger partial charge in [-0.25, -0.2) is 19.9 Å². The second-order valence-corrected chi connectivity index (χ2v) is 36.6. The van der Waals surface area contributed by atoms with E-state index >= 15 is 0 Å². The Kier molecular flexibility index (Phi) is 29.2. The van der Waals surface area contributed by atoms with Gasteiger partial charge in [-0.1, -0.05) is 179 Å². The fourth-order valence-electron chi connectivity index (χ4n) is 14.9. The van der Waals surface area contributed by atoms with E-state index in [-0.39, 0.29) is 35.3 Å². The second kappa shape index (κ2) is 43.4. The molecule has 12 aromatic heterocycles. The number of carbonyl (C=O) groups is 5. The molecule has 0 bridgehead atoms. The highest BCUT2D eigenvalue weighted by Gasteiger charge is 2.23. The number of anilines is 5. The number of fused-ring (bicyclic) bond motifs is 5. The van der Waals surface area contributed by atoms with Gasteiger partial charge in [-0.2, -0.15) is 0 Å². The van der Waals surface area contributed by atoms with Crippen molar-refractivity contribution in [3.8, 4) is 78.8 Å². The number of thiazole rings is 4. The van der Waals surface area contributed by atoms with Crippen LogP contribution in [0.1, 0.15) is 60.4 Å². The van der Waals surface area contributed by atoms with E-state index in [1.165, 1.54) is 45.3 Å². The molecule has 10 aromatic carbocycles. The summed E-state index contributed by atoms with van der Waals surface area (Å²) in [5, 5.41) is 34.7. The maximum absolute atomic E-state index is 12.8. The monoisotopic (exact) mass is 1990 g/mol. The van der Waals surface area contributed by atoms with Gasteiger partial charge < -0.3 is 31.0 Å². The number of halogens is 5. The first-order valence-corrected chi connectivity index (χ1v) is 48.0. The van der Waals surface area contributed by atoms with Crippen LogP contribution in [0.4, 0.5) is 28.4 Å². The van der Waals surface area contributed by atoms with E-state index < -0.39 is 0 Å². The minimum atomic E-state index is -0.308. The lowest BCUT2D eigenvalue weighted by Crippen LogP contribution is -2.11. The second-order valence-electron chi connectivity index (χ2n) is 30.7. The quantitative estimate of drug-likeness (QED) is 0.0566. The van der Waals surface area contributed by atoms with Crippen LogP contribution < -0.4 is 26.6 Å². The zero-order chi connectivity index (χ0) is 95.8. The van der Waals surface area contributed by atoms with Gasteiger partial charge in [-0.3, -0.25) is 58.9 Å². The summed E-state index contributed by atoms with van der Waals surface area (Å²) in [6.45, 7) is 3.71. The lowest BCUT2D eigenvalue weighted by Gasteiger charge is -2.10. The number of benzene rings is 10. The third-order valence-electron chi connectivity index (χ3n) is 21.5. The molecule has 0 radical (unpaired) electrons. The Balaban J connectivity index is 0.000000116.